The summed E-state index contributed by atoms with van der Waals surface area (Å²) in [6.45, 7) is 0.169. The molecule has 29 heavy (non-hydrogen) atoms. The lowest BCUT2D eigenvalue weighted by Gasteiger charge is -2.23. The molecular formula is C20H18FN3O3S2. The van der Waals surface area contributed by atoms with Crippen molar-refractivity contribution < 1.29 is 17.6 Å². The third-order valence-corrected chi connectivity index (χ3v) is 7.43. The second-order valence-corrected chi connectivity index (χ2v) is 9.31. The lowest BCUT2D eigenvalue weighted by Crippen LogP contribution is -2.43. The number of rotatable bonds is 5. The standard InChI is InChI=1S/C20H18FN3O3S2/c21-15-9-4-5-11-18(15)29(26,27)24-12-6-10-17(24)19(25)23-20-22-16(13-28-20)14-7-2-1-3-8-14/h1-5,7-9,11,13,17H,6,10,12H2,(H,22,23,25). The molecule has 2 heterocycles. The number of halogens is 1. The molecule has 1 aliphatic heterocycles. The van der Waals surface area contributed by atoms with Crippen LogP contribution in [0.5, 0.6) is 0 Å². The van der Waals surface area contributed by atoms with Gasteiger partial charge < -0.3 is 5.32 Å². The molecule has 1 fully saturated rings. The van der Waals surface area contributed by atoms with E-state index in [9.17, 15) is 17.6 Å². The van der Waals surface area contributed by atoms with E-state index in [0.29, 0.717) is 18.0 Å². The zero-order valence-electron chi connectivity index (χ0n) is 15.3. The van der Waals surface area contributed by atoms with Crippen LogP contribution >= 0.6 is 11.3 Å². The molecule has 1 aliphatic rings. The van der Waals surface area contributed by atoms with Gasteiger partial charge in [-0.25, -0.2) is 17.8 Å². The highest BCUT2D eigenvalue weighted by molar-refractivity contribution is 7.89. The molecule has 9 heteroatoms. The van der Waals surface area contributed by atoms with Gasteiger partial charge in [0.15, 0.2) is 5.13 Å². The van der Waals surface area contributed by atoms with Gasteiger partial charge in [0.2, 0.25) is 15.9 Å². The van der Waals surface area contributed by atoms with Crippen molar-refractivity contribution >= 4 is 32.4 Å². The summed E-state index contributed by atoms with van der Waals surface area (Å²) in [5.74, 6) is -1.29. The number of thiazole rings is 1. The summed E-state index contributed by atoms with van der Waals surface area (Å²) in [5, 5.41) is 4.93. The number of carbonyl (C=O) groups excluding carboxylic acids is 1. The van der Waals surface area contributed by atoms with Crippen LogP contribution in [0.15, 0.2) is 64.9 Å². The zero-order valence-corrected chi connectivity index (χ0v) is 16.9. The van der Waals surface area contributed by atoms with Crippen LogP contribution in [0.3, 0.4) is 0 Å². The summed E-state index contributed by atoms with van der Waals surface area (Å²) in [6, 6.07) is 13.8. The molecule has 0 radical (unpaired) electrons. The fraction of sp³-hybridized carbons (Fsp3) is 0.200. The number of hydrogen-bond acceptors (Lipinski definition) is 5. The molecule has 3 aromatic rings. The van der Waals surface area contributed by atoms with Gasteiger partial charge in [-0.05, 0) is 25.0 Å². The molecule has 1 N–H and O–H groups in total. The van der Waals surface area contributed by atoms with Crippen LogP contribution in [-0.4, -0.2) is 36.2 Å². The van der Waals surface area contributed by atoms with Gasteiger partial charge in [-0.2, -0.15) is 4.31 Å². The van der Waals surface area contributed by atoms with E-state index in [4.69, 9.17) is 0 Å². The number of aromatic nitrogens is 1. The maximum atomic E-state index is 14.1. The Morgan fingerprint density at radius 3 is 2.62 bits per heavy atom. The summed E-state index contributed by atoms with van der Waals surface area (Å²) < 4.78 is 40.9. The Morgan fingerprint density at radius 1 is 1.14 bits per heavy atom. The fourth-order valence-electron chi connectivity index (χ4n) is 3.33. The monoisotopic (exact) mass is 431 g/mol. The number of nitrogens with zero attached hydrogens (tertiary/aromatic N) is 2. The van der Waals surface area contributed by atoms with Crippen molar-refractivity contribution in [1.82, 2.24) is 9.29 Å². The van der Waals surface area contributed by atoms with Crippen molar-refractivity contribution in [3.8, 4) is 11.3 Å². The smallest absolute Gasteiger partial charge is 0.246 e. The van der Waals surface area contributed by atoms with E-state index < -0.39 is 32.7 Å². The number of amides is 1. The van der Waals surface area contributed by atoms with Crippen LogP contribution in [0.25, 0.3) is 11.3 Å². The van der Waals surface area contributed by atoms with E-state index in [0.717, 1.165) is 21.6 Å². The lowest BCUT2D eigenvalue weighted by molar-refractivity contribution is -0.119. The number of nitrogens with one attached hydrogen (secondary N) is 1. The zero-order chi connectivity index (χ0) is 20.4. The minimum absolute atomic E-state index is 0.169. The molecule has 1 atom stereocenters. The largest absolute Gasteiger partial charge is 0.301 e. The van der Waals surface area contributed by atoms with Crippen molar-refractivity contribution in [3.05, 3.63) is 65.8 Å². The third kappa shape index (κ3) is 3.93. The van der Waals surface area contributed by atoms with E-state index in [1.54, 1.807) is 0 Å². The van der Waals surface area contributed by atoms with Crippen molar-refractivity contribution in [2.24, 2.45) is 0 Å². The topological polar surface area (TPSA) is 79.4 Å². The van der Waals surface area contributed by atoms with E-state index in [2.05, 4.69) is 10.3 Å². The molecule has 6 nitrogen and oxygen atoms in total. The van der Waals surface area contributed by atoms with Gasteiger partial charge in [-0.3, -0.25) is 4.79 Å². The van der Waals surface area contributed by atoms with Crippen LogP contribution < -0.4 is 5.32 Å². The first kappa shape index (κ1) is 19.7. The highest BCUT2D eigenvalue weighted by Gasteiger charge is 2.40. The molecular weight excluding hydrogens is 413 g/mol. The summed E-state index contributed by atoms with van der Waals surface area (Å²) >= 11 is 1.27. The molecule has 0 aliphatic carbocycles. The maximum absolute atomic E-state index is 14.1. The Bertz CT molecular complexity index is 1130. The minimum Gasteiger partial charge on any atom is -0.301 e. The Labute approximate surface area is 172 Å². The molecule has 0 bridgehead atoms. The minimum atomic E-state index is -4.11. The molecule has 1 saturated heterocycles. The molecule has 0 spiro atoms. The molecule has 150 valence electrons. The maximum Gasteiger partial charge on any atom is 0.246 e. The first-order chi connectivity index (χ1) is 14.0. The normalized spacial score (nSPS) is 17.3. The average molecular weight is 432 g/mol. The summed E-state index contributed by atoms with van der Waals surface area (Å²) in [4.78, 5) is 16.8. The van der Waals surface area contributed by atoms with E-state index in [1.165, 1.54) is 29.5 Å². The van der Waals surface area contributed by atoms with Crippen molar-refractivity contribution in [2.75, 3.05) is 11.9 Å². The van der Waals surface area contributed by atoms with Gasteiger partial charge in [0.25, 0.3) is 0 Å². The van der Waals surface area contributed by atoms with E-state index in [1.807, 2.05) is 35.7 Å². The highest BCUT2D eigenvalue weighted by Crippen LogP contribution is 2.29. The van der Waals surface area contributed by atoms with Gasteiger partial charge in [0.1, 0.15) is 16.8 Å². The first-order valence-corrected chi connectivity index (χ1v) is 11.4. The SMILES string of the molecule is O=C(Nc1nc(-c2ccccc2)cs1)C1CCCN1S(=O)(=O)c1ccccc1F. The number of benzene rings is 2. The van der Waals surface area contributed by atoms with Gasteiger partial charge in [0, 0.05) is 17.5 Å². The predicted molar refractivity (Wildman–Crippen MR) is 109 cm³/mol. The quantitative estimate of drug-likeness (QED) is 0.667. The third-order valence-electron chi connectivity index (χ3n) is 4.73. The Morgan fingerprint density at radius 2 is 1.86 bits per heavy atom. The first-order valence-electron chi connectivity index (χ1n) is 9.05. The van der Waals surface area contributed by atoms with Crippen LogP contribution in [-0.2, 0) is 14.8 Å². The average Bonchev–Trinajstić information content (AvgIpc) is 3.39. The van der Waals surface area contributed by atoms with E-state index >= 15 is 0 Å². The summed E-state index contributed by atoms with van der Waals surface area (Å²) in [7, 11) is -4.11. The molecule has 1 aromatic heterocycles. The van der Waals surface area contributed by atoms with Crippen LogP contribution in [0.2, 0.25) is 0 Å². The Balaban J connectivity index is 1.53. The van der Waals surface area contributed by atoms with Gasteiger partial charge in [-0.1, -0.05) is 42.5 Å². The number of carbonyl (C=O) groups is 1. The lowest BCUT2D eigenvalue weighted by atomic mass is 10.2. The van der Waals surface area contributed by atoms with Gasteiger partial charge >= 0.3 is 0 Å². The number of sulfonamides is 1. The number of hydrogen-bond donors (Lipinski definition) is 1. The molecule has 1 amide bonds. The summed E-state index contributed by atoms with van der Waals surface area (Å²) in [6.07, 6.45) is 0.898. The van der Waals surface area contributed by atoms with Crippen molar-refractivity contribution in [1.29, 1.82) is 0 Å². The second-order valence-electron chi connectivity index (χ2n) is 6.60. The molecule has 2 aromatic carbocycles. The van der Waals surface area contributed by atoms with Crippen LogP contribution in [0, 0.1) is 5.82 Å². The molecule has 1 unspecified atom stereocenters. The highest BCUT2D eigenvalue weighted by atomic mass is 32.2. The van der Waals surface area contributed by atoms with E-state index in [-0.39, 0.29) is 6.54 Å². The number of anilines is 1. The van der Waals surface area contributed by atoms with Gasteiger partial charge in [0.05, 0.1) is 5.69 Å². The van der Waals surface area contributed by atoms with Crippen molar-refractivity contribution in [3.63, 3.8) is 0 Å². The van der Waals surface area contributed by atoms with Gasteiger partial charge in [-0.15, -0.1) is 11.3 Å². The second kappa shape index (κ2) is 8.02. The predicted octanol–water partition coefficient (Wildman–Crippen LogP) is 3.74. The van der Waals surface area contributed by atoms with Crippen LogP contribution in [0.4, 0.5) is 9.52 Å². The van der Waals surface area contributed by atoms with Crippen LogP contribution in [0.1, 0.15) is 12.8 Å². The fourth-order valence-corrected chi connectivity index (χ4v) is 5.78. The molecule has 4 rings (SSSR count). The Kier molecular flexibility index (Phi) is 5.44. The molecule has 0 saturated carbocycles. The van der Waals surface area contributed by atoms with Crippen molar-refractivity contribution in [2.45, 2.75) is 23.8 Å². The Hall–Kier alpha value is -2.62. The summed E-state index contributed by atoms with van der Waals surface area (Å²) in [5.41, 5.74) is 1.65.